The van der Waals surface area contributed by atoms with Gasteiger partial charge in [0.15, 0.2) is 0 Å². The van der Waals surface area contributed by atoms with Gasteiger partial charge in [-0.05, 0) is 51.3 Å². The molecule has 0 saturated carbocycles. The molecular weight excluding hydrogens is 268 g/mol. The molecule has 21 heavy (non-hydrogen) atoms. The number of anilines is 1. The van der Waals surface area contributed by atoms with Crippen molar-refractivity contribution < 1.29 is 14.7 Å². The molecule has 0 bridgehead atoms. The zero-order valence-electron chi connectivity index (χ0n) is 12.8. The molecule has 1 atom stereocenters. The van der Waals surface area contributed by atoms with E-state index in [-0.39, 0.29) is 6.03 Å². The largest absolute Gasteiger partial charge is 0.480 e. The summed E-state index contributed by atoms with van der Waals surface area (Å²) >= 11 is 0. The quantitative estimate of drug-likeness (QED) is 0.931. The van der Waals surface area contributed by atoms with Gasteiger partial charge in [0.2, 0.25) is 0 Å². The van der Waals surface area contributed by atoms with Crippen molar-refractivity contribution in [1.29, 1.82) is 0 Å². The van der Waals surface area contributed by atoms with Crippen LogP contribution in [0.15, 0.2) is 24.3 Å². The van der Waals surface area contributed by atoms with Gasteiger partial charge in [-0.25, -0.2) is 9.59 Å². The Kier molecular flexibility index (Phi) is 4.21. The SMILES string of the molecule is CCN(C(=O)N1CCCC1(C)C(=O)O)c1cccc(C)c1. The van der Waals surface area contributed by atoms with Crippen molar-refractivity contribution in [2.24, 2.45) is 0 Å². The Morgan fingerprint density at radius 2 is 2.14 bits per heavy atom. The first-order chi connectivity index (χ1) is 9.90. The summed E-state index contributed by atoms with van der Waals surface area (Å²) in [5, 5.41) is 9.45. The number of hydrogen-bond acceptors (Lipinski definition) is 2. The molecule has 1 N–H and O–H groups in total. The van der Waals surface area contributed by atoms with Gasteiger partial charge in [-0.15, -0.1) is 0 Å². The van der Waals surface area contributed by atoms with Crippen molar-refractivity contribution in [3.63, 3.8) is 0 Å². The van der Waals surface area contributed by atoms with Gasteiger partial charge in [-0.1, -0.05) is 12.1 Å². The molecule has 114 valence electrons. The normalized spacial score (nSPS) is 21.4. The second kappa shape index (κ2) is 5.76. The molecule has 1 aliphatic heterocycles. The fourth-order valence-corrected chi connectivity index (χ4v) is 2.86. The Morgan fingerprint density at radius 1 is 1.43 bits per heavy atom. The molecule has 1 aromatic carbocycles. The second-order valence-electron chi connectivity index (χ2n) is 5.70. The highest BCUT2D eigenvalue weighted by molar-refractivity contribution is 5.96. The topological polar surface area (TPSA) is 60.9 Å². The molecule has 0 spiro atoms. The van der Waals surface area contributed by atoms with E-state index in [0.29, 0.717) is 19.5 Å². The van der Waals surface area contributed by atoms with E-state index in [1.165, 1.54) is 4.90 Å². The molecule has 5 nitrogen and oxygen atoms in total. The Bertz CT molecular complexity index is 558. The first-order valence-electron chi connectivity index (χ1n) is 7.29. The minimum atomic E-state index is -1.10. The maximum atomic E-state index is 12.8. The Balaban J connectivity index is 2.30. The van der Waals surface area contributed by atoms with Gasteiger partial charge < -0.3 is 10.0 Å². The van der Waals surface area contributed by atoms with Gasteiger partial charge in [0.1, 0.15) is 5.54 Å². The summed E-state index contributed by atoms with van der Waals surface area (Å²) < 4.78 is 0. The minimum Gasteiger partial charge on any atom is -0.480 e. The van der Waals surface area contributed by atoms with E-state index < -0.39 is 11.5 Å². The molecule has 2 rings (SSSR count). The predicted molar refractivity (Wildman–Crippen MR) is 81.6 cm³/mol. The van der Waals surface area contributed by atoms with E-state index >= 15 is 0 Å². The summed E-state index contributed by atoms with van der Waals surface area (Å²) in [5.74, 6) is -0.936. The highest BCUT2D eigenvalue weighted by Crippen LogP contribution is 2.31. The second-order valence-corrected chi connectivity index (χ2v) is 5.70. The summed E-state index contributed by atoms with van der Waals surface area (Å²) in [6.07, 6.45) is 1.22. The van der Waals surface area contributed by atoms with E-state index in [4.69, 9.17) is 0 Å². The van der Waals surface area contributed by atoms with Crippen LogP contribution in [0.25, 0.3) is 0 Å². The molecule has 0 aromatic heterocycles. The molecule has 1 heterocycles. The summed E-state index contributed by atoms with van der Waals surface area (Å²) in [5.41, 5.74) is 0.775. The lowest BCUT2D eigenvalue weighted by Gasteiger charge is -2.35. The molecule has 0 aliphatic carbocycles. The molecule has 1 unspecified atom stereocenters. The molecule has 1 aromatic rings. The third kappa shape index (κ3) is 2.73. The number of amides is 2. The maximum absolute atomic E-state index is 12.8. The predicted octanol–water partition coefficient (Wildman–Crippen LogP) is 2.88. The van der Waals surface area contributed by atoms with Crippen LogP contribution in [0.2, 0.25) is 0 Å². The van der Waals surface area contributed by atoms with Crippen LogP contribution >= 0.6 is 0 Å². The lowest BCUT2D eigenvalue weighted by atomic mass is 9.99. The van der Waals surface area contributed by atoms with Crippen LogP contribution in [0.4, 0.5) is 10.5 Å². The van der Waals surface area contributed by atoms with Gasteiger partial charge in [-0.2, -0.15) is 0 Å². The highest BCUT2D eigenvalue weighted by atomic mass is 16.4. The lowest BCUT2D eigenvalue weighted by molar-refractivity contribution is -0.147. The Morgan fingerprint density at radius 3 is 2.71 bits per heavy atom. The molecule has 2 amide bonds. The number of likely N-dealkylation sites (tertiary alicyclic amines) is 1. The Hall–Kier alpha value is -2.04. The standard InChI is InChI=1S/C16H22N2O3/c1-4-17(13-8-5-7-12(2)11-13)15(21)18-10-6-9-16(18,3)14(19)20/h5,7-8,11H,4,6,9-10H2,1-3H3,(H,19,20). The summed E-state index contributed by atoms with van der Waals surface area (Å²) in [4.78, 5) is 27.4. The molecule has 1 saturated heterocycles. The zero-order chi connectivity index (χ0) is 15.6. The average Bonchev–Trinajstić information content (AvgIpc) is 2.83. The fraction of sp³-hybridized carbons (Fsp3) is 0.500. The molecular formula is C16H22N2O3. The number of carboxylic acid groups (broad SMARTS) is 1. The number of benzene rings is 1. The fourth-order valence-electron chi connectivity index (χ4n) is 2.86. The molecule has 1 fully saturated rings. The summed E-state index contributed by atoms with van der Waals surface area (Å²) in [6, 6.07) is 7.46. The van der Waals surface area contributed by atoms with Gasteiger partial charge in [-0.3, -0.25) is 4.90 Å². The first-order valence-corrected chi connectivity index (χ1v) is 7.29. The monoisotopic (exact) mass is 290 g/mol. The number of aryl methyl sites for hydroxylation is 1. The van der Waals surface area contributed by atoms with Crippen LogP contribution in [0.5, 0.6) is 0 Å². The van der Waals surface area contributed by atoms with E-state index in [1.807, 2.05) is 38.1 Å². The van der Waals surface area contributed by atoms with Crippen LogP contribution in [0, 0.1) is 6.92 Å². The number of carbonyl (C=O) groups is 2. The summed E-state index contributed by atoms with van der Waals surface area (Å²) in [7, 11) is 0. The van der Waals surface area contributed by atoms with Crippen molar-refractivity contribution in [2.45, 2.75) is 39.2 Å². The van der Waals surface area contributed by atoms with Gasteiger partial charge in [0.05, 0.1) is 0 Å². The number of nitrogens with zero attached hydrogens (tertiary/aromatic N) is 2. The molecule has 0 radical (unpaired) electrons. The first kappa shape index (κ1) is 15.4. The lowest BCUT2D eigenvalue weighted by Crippen LogP contribution is -2.55. The van der Waals surface area contributed by atoms with E-state index in [1.54, 1.807) is 11.8 Å². The van der Waals surface area contributed by atoms with Crippen LogP contribution in [-0.4, -0.2) is 40.6 Å². The highest BCUT2D eigenvalue weighted by Gasteiger charge is 2.47. The zero-order valence-corrected chi connectivity index (χ0v) is 12.8. The van der Waals surface area contributed by atoms with Gasteiger partial charge >= 0.3 is 12.0 Å². The van der Waals surface area contributed by atoms with Gasteiger partial charge in [0.25, 0.3) is 0 Å². The van der Waals surface area contributed by atoms with E-state index in [9.17, 15) is 14.7 Å². The smallest absolute Gasteiger partial charge is 0.329 e. The number of urea groups is 1. The third-order valence-corrected chi connectivity index (χ3v) is 4.19. The van der Waals surface area contributed by atoms with Crippen LogP contribution in [-0.2, 0) is 4.79 Å². The van der Waals surface area contributed by atoms with Crippen molar-refractivity contribution >= 4 is 17.7 Å². The van der Waals surface area contributed by atoms with E-state index in [0.717, 1.165) is 17.7 Å². The van der Waals surface area contributed by atoms with E-state index in [2.05, 4.69) is 0 Å². The number of rotatable bonds is 3. The molecule has 5 heteroatoms. The minimum absolute atomic E-state index is 0.231. The Labute approximate surface area is 125 Å². The number of hydrogen-bond donors (Lipinski definition) is 1. The number of carbonyl (C=O) groups excluding carboxylic acids is 1. The number of carboxylic acids is 1. The van der Waals surface area contributed by atoms with Gasteiger partial charge in [0, 0.05) is 18.8 Å². The molecule has 1 aliphatic rings. The van der Waals surface area contributed by atoms with Crippen molar-refractivity contribution in [3.05, 3.63) is 29.8 Å². The summed E-state index contributed by atoms with van der Waals surface area (Å²) in [6.45, 7) is 6.50. The van der Waals surface area contributed by atoms with Crippen molar-refractivity contribution in [2.75, 3.05) is 18.0 Å². The van der Waals surface area contributed by atoms with Crippen molar-refractivity contribution in [1.82, 2.24) is 4.90 Å². The third-order valence-electron chi connectivity index (χ3n) is 4.19. The van der Waals surface area contributed by atoms with Crippen LogP contribution in [0.1, 0.15) is 32.3 Å². The average molecular weight is 290 g/mol. The number of aliphatic carboxylic acids is 1. The maximum Gasteiger partial charge on any atom is 0.329 e. The van der Waals surface area contributed by atoms with Crippen LogP contribution < -0.4 is 4.90 Å². The van der Waals surface area contributed by atoms with Crippen molar-refractivity contribution in [3.8, 4) is 0 Å². The van der Waals surface area contributed by atoms with Crippen LogP contribution in [0.3, 0.4) is 0 Å².